The van der Waals surface area contributed by atoms with Gasteiger partial charge >= 0.3 is 0 Å². The summed E-state index contributed by atoms with van der Waals surface area (Å²) < 4.78 is 13.0. The highest BCUT2D eigenvalue weighted by Crippen LogP contribution is 2.24. The smallest absolute Gasteiger partial charge is 0.226 e. The van der Waals surface area contributed by atoms with E-state index in [0.717, 1.165) is 16.7 Å². The van der Waals surface area contributed by atoms with Crippen molar-refractivity contribution in [3.63, 3.8) is 0 Å². The van der Waals surface area contributed by atoms with Crippen molar-refractivity contribution >= 4 is 5.91 Å². The summed E-state index contributed by atoms with van der Waals surface area (Å²) in [5.74, 6) is -0.208. The predicted octanol–water partition coefficient (Wildman–Crippen LogP) is 3.12. The minimum Gasteiger partial charge on any atom is -0.349 e. The Hall–Kier alpha value is -2.16. The maximum Gasteiger partial charge on any atom is 0.226 e. The van der Waals surface area contributed by atoms with Crippen LogP contribution in [0.1, 0.15) is 5.56 Å². The molecule has 2 aromatic rings. The normalized spacial score (nSPS) is 10.3. The van der Waals surface area contributed by atoms with E-state index in [-0.39, 0.29) is 11.7 Å². The van der Waals surface area contributed by atoms with E-state index in [9.17, 15) is 9.18 Å². The molecule has 0 bridgehead atoms. The van der Waals surface area contributed by atoms with Gasteiger partial charge in [0.25, 0.3) is 0 Å². The van der Waals surface area contributed by atoms with Crippen LogP contribution in [0, 0.1) is 5.82 Å². The number of hydrogen-bond donors (Lipinski definition) is 0. The molecule has 19 heavy (non-hydrogen) atoms. The van der Waals surface area contributed by atoms with E-state index in [2.05, 4.69) is 0 Å². The summed E-state index contributed by atoms with van der Waals surface area (Å²) >= 11 is 0. The quantitative estimate of drug-likeness (QED) is 0.827. The Morgan fingerprint density at radius 1 is 1.05 bits per heavy atom. The van der Waals surface area contributed by atoms with E-state index in [1.54, 1.807) is 31.1 Å². The summed E-state index contributed by atoms with van der Waals surface area (Å²) in [6.07, 6.45) is 0.348. The zero-order valence-corrected chi connectivity index (χ0v) is 11.1. The summed E-state index contributed by atoms with van der Waals surface area (Å²) in [7, 11) is 3.48. The summed E-state index contributed by atoms with van der Waals surface area (Å²) in [5.41, 5.74) is 2.84. The lowest BCUT2D eigenvalue weighted by Crippen LogP contribution is -2.23. The van der Waals surface area contributed by atoms with Crippen LogP contribution in [0.25, 0.3) is 11.1 Å². The molecule has 2 nitrogen and oxygen atoms in total. The van der Waals surface area contributed by atoms with Crippen LogP contribution in [0.5, 0.6) is 0 Å². The Morgan fingerprint density at radius 3 is 2.32 bits per heavy atom. The number of nitrogens with zero attached hydrogens (tertiary/aromatic N) is 1. The van der Waals surface area contributed by atoms with Crippen LogP contribution in [0.3, 0.4) is 0 Å². The Kier molecular flexibility index (Phi) is 3.95. The van der Waals surface area contributed by atoms with Crippen molar-refractivity contribution in [1.82, 2.24) is 4.90 Å². The zero-order valence-electron chi connectivity index (χ0n) is 11.1. The van der Waals surface area contributed by atoms with Gasteiger partial charge in [0.05, 0.1) is 6.42 Å². The maximum absolute atomic E-state index is 13.0. The van der Waals surface area contributed by atoms with Gasteiger partial charge in [0.2, 0.25) is 5.91 Å². The average Bonchev–Trinajstić information content (AvgIpc) is 2.40. The molecule has 0 N–H and O–H groups in total. The lowest BCUT2D eigenvalue weighted by atomic mass is 9.97. The van der Waals surface area contributed by atoms with Crippen molar-refractivity contribution in [3.05, 3.63) is 59.9 Å². The van der Waals surface area contributed by atoms with Gasteiger partial charge in [0.1, 0.15) is 5.82 Å². The van der Waals surface area contributed by atoms with Crippen LogP contribution in [-0.2, 0) is 11.2 Å². The molecule has 0 aliphatic heterocycles. The molecule has 0 saturated carbocycles. The molecule has 0 aliphatic rings. The fourth-order valence-electron chi connectivity index (χ4n) is 1.91. The molecule has 98 valence electrons. The van der Waals surface area contributed by atoms with E-state index in [0.29, 0.717) is 6.42 Å². The van der Waals surface area contributed by atoms with Gasteiger partial charge in [-0.3, -0.25) is 4.79 Å². The van der Waals surface area contributed by atoms with Gasteiger partial charge in [-0.2, -0.15) is 0 Å². The molecule has 0 heterocycles. The molecule has 0 spiro atoms. The Morgan fingerprint density at radius 2 is 1.68 bits per heavy atom. The topological polar surface area (TPSA) is 20.3 Å². The van der Waals surface area contributed by atoms with Gasteiger partial charge in [-0.25, -0.2) is 4.39 Å². The lowest BCUT2D eigenvalue weighted by Gasteiger charge is -2.13. The van der Waals surface area contributed by atoms with Gasteiger partial charge in [0, 0.05) is 14.1 Å². The van der Waals surface area contributed by atoms with Gasteiger partial charge in [-0.05, 0) is 28.8 Å². The van der Waals surface area contributed by atoms with E-state index < -0.39 is 0 Å². The largest absolute Gasteiger partial charge is 0.349 e. The molecule has 2 aromatic carbocycles. The third-order valence-corrected chi connectivity index (χ3v) is 3.01. The van der Waals surface area contributed by atoms with Crippen molar-refractivity contribution in [2.75, 3.05) is 14.1 Å². The van der Waals surface area contributed by atoms with Crippen LogP contribution in [0.15, 0.2) is 48.5 Å². The maximum atomic E-state index is 13.0. The predicted molar refractivity (Wildman–Crippen MR) is 74.2 cm³/mol. The molecule has 0 saturated heterocycles. The van der Waals surface area contributed by atoms with Crippen LogP contribution >= 0.6 is 0 Å². The van der Waals surface area contributed by atoms with Crippen LogP contribution < -0.4 is 0 Å². The highest BCUT2D eigenvalue weighted by molar-refractivity contribution is 5.81. The fourth-order valence-corrected chi connectivity index (χ4v) is 1.91. The first kappa shape index (κ1) is 13.3. The second-order valence-electron chi connectivity index (χ2n) is 4.63. The van der Waals surface area contributed by atoms with E-state index in [1.807, 2.05) is 24.3 Å². The number of rotatable bonds is 3. The molecule has 1 amide bonds. The van der Waals surface area contributed by atoms with Crippen molar-refractivity contribution in [3.8, 4) is 11.1 Å². The standard InChI is InChI=1S/C16H16FNO/c1-18(2)16(19)11-13-5-3-4-6-15(13)12-7-9-14(17)10-8-12/h3-10H,11H2,1-2H3. The molecule has 0 fully saturated rings. The first-order valence-electron chi connectivity index (χ1n) is 6.12. The molecule has 0 atom stereocenters. The number of benzene rings is 2. The first-order chi connectivity index (χ1) is 9.08. The van der Waals surface area contributed by atoms with Gasteiger partial charge in [-0.1, -0.05) is 36.4 Å². The zero-order chi connectivity index (χ0) is 13.8. The average molecular weight is 257 g/mol. The van der Waals surface area contributed by atoms with E-state index in [1.165, 1.54) is 12.1 Å². The molecule has 0 radical (unpaired) electrons. The molecule has 0 unspecified atom stereocenters. The van der Waals surface area contributed by atoms with E-state index >= 15 is 0 Å². The minimum absolute atomic E-state index is 0.0505. The first-order valence-corrected chi connectivity index (χ1v) is 6.12. The van der Waals surface area contributed by atoms with Crippen molar-refractivity contribution in [2.24, 2.45) is 0 Å². The Labute approximate surface area is 112 Å². The summed E-state index contributed by atoms with van der Waals surface area (Å²) in [6.45, 7) is 0. The third kappa shape index (κ3) is 3.19. The molecule has 2 rings (SSSR count). The number of hydrogen-bond acceptors (Lipinski definition) is 1. The molecular formula is C16H16FNO. The highest BCUT2D eigenvalue weighted by Gasteiger charge is 2.10. The molecule has 3 heteroatoms. The molecule has 0 aromatic heterocycles. The second-order valence-corrected chi connectivity index (χ2v) is 4.63. The number of carbonyl (C=O) groups excluding carboxylic acids is 1. The number of halogens is 1. The highest BCUT2D eigenvalue weighted by atomic mass is 19.1. The minimum atomic E-state index is -0.259. The van der Waals surface area contributed by atoms with Crippen LogP contribution in [0.4, 0.5) is 4.39 Å². The van der Waals surface area contributed by atoms with Gasteiger partial charge in [0.15, 0.2) is 0 Å². The lowest BCUT2D eigenvalue weighted by molar-refractivity contribution is -0.127. The second kappa shape index (κ2) is 5.65. The summed E-state index contributed by atoms with van der Waals surface area (Å²) in [4.78, 5) is 13.4. The monoisotopic (exact) mass is 257 g/mol. The molecular weight excluding hydrogens is 241 g/mol. The van der Waals surface area contributed by atoms with Crippen molar-refractivity contribution in [2.45, 2.75) is 6.42 Å². The van der Waals surface area contributed by atoms with E-state index in [4.69, 9.17) is 0 Å². The number of likely N-dealkylation sites (N-methyl/N-ethyl adjacent to an activating group) is 1. The van der Waals surface area contributed by atoms with Crippen molar-refractivity contribution in [1.29, 1.82) is 0 Å². The number of carbonyl (C=O) groups is 1. The third-order valence-electron chi connectivity index (χ3n) is 3.01. The number of amides is 1. The summed E-state index contributed by atoms with van der Waals surface area (Å²) in [5, 5.41) is 0. The Bertz CT molecular complexity index is 576. The van der Waals surface area contributed by atoms with Crippen LogP contribution in [0.2, 0.25) is 0 Å². The fraction of sp³-hybridized carbons (Fsp3) is 0.188. The SMILES string of the molecule is CN(C)C(=O)Cc1ccccc1-c1ccc(F)cc1. The van der Waals surface area contributed by atoms with Crippen molar-refractivity contribution < 1.29 is 9.18 Å². The van der Waals surface area contributed by atoms with Gasteiger partial charge < -0.3 is 4.90 Å². The summed E-state index contributed by atoms with van der Waals surface area (Å²) in [6, 6.07) is 14.0. The van der Waals surface area contributed by atoms with Crippen LogP contribution in [-0.4, -0.2) is 24.9 Å². The molecule has 0 aliphatic carbocycles. The van der Waals surface area contributed by atoms with Gasteiger partial charge in [-0.15, -0.1) is 0 Å². The Balaban J connectivity index is 2.36.